The van der Waals surface area contributed by atoms with E-state index in [9.17, 15) is 4.79 Å². The Labute approximate surface area is 68.5 Å². The third kappa shape index (κ3) is 1.92. The first-order valence-electron chi connectivity index (χ1n) is 4.39. The van der Waals surface area contributed by atoms with E-state index in [2.05, 4.69) is 13.5 Å². The predicted molar refractivity (Wildman–Crippen MR) is 46.3 cm³/mol. The highest BCUT2D eigenvalue weighted by Gasteiger charge is 2.29. The minimum atomic E-state index is 0.315. The molecule has 0 heterocycles. The summed E-state index contributed by atoms with van der Waals surface area (Å²) in [5.41, 5.74) is 0. The maximum Gasteiger partial charge on any atom is 0.135 e. The molecule has 11 heavy (non-hydrogen) atoms. The van der Waals surface area contributed by atoms with Crippen LogP contribution in [0.5, 0.6) is 0 Å². The van der Waals surface area contributed by atoms with Gasteiger partial charge in [0.1, 0.15) is 5.78 Å². The Balaban J connectivity index is 2.35. The van der Waals surface area contributed by atoms with Gasteiger partial charge >= 0.3 is 0 Å². The van der Waals surface area contributed by atoms with Gasteiger partial charge in [-0.25, -0.2) is 0 Å². The fourth-order valence-electron chi connectivity index (χ4n) is 1.79. The number of hydrogen-bond acceptors (Lipinski definition) is 1. The van der Waals surface area contributed by atoms with Crippen molar-refractivity contribution in [3.63, 3.8) is 0 Å². The number of ketones is 1. The summed E-state index contributed by atoms with van der Waals surface area (Å²) in [4.78, 5) is 11.1. The van der Waals surface area contributed by atoms with E-state index in [-0.39, 0.29) is 0 Å². The van der Waals surface area contributed by atoms with Crippen molar-refractivity contribution in [3.05, 3.63) is 12.7 Å². The van der Waals surface area contributed by atoms with Gasteiger partial charge in [0.05, 0.1) is 0 Å². The molecule has 0 bridgehead atoms. The van der Waals surface area contributed by atoms with Crippen LogP contribution in [0.1, 0.15) is 32.6 Å². The molecule has 0 radical (unpaired) electrons. The lowest BCUT2D eigenvalue weighted by Gasteiger charge is -2.11. The molecule has 1 rings (SSSR count). The van der Waals surface area contributed by atoms with Crippen molar-refractivity contribution >= 4 is 5.78 Å². The fourth-order valence-corrected chi connectivity index (χ4v) is 1.79. The van der Waals surface area contributed by atoms with Gasteiger partial charge in [-0.3, -0.25) is 4.79 Å². The Hall–Kier alpha value is -0.590. The molecule has 2 atom stereocenters. The van der Waals surface area contributed by atoms with E-state index in [1.807, 2.05) is 6.08 Å². The van der Waals surface area contributed by atoms with E-state index in [1.54, 1.807) is 0 Å². The van der Waals surface area contributed by atoms with Gasteiger partial charge in [0.15, 0.2) is 0 Å². The van der Waals surface area contributed by atoms with Gasteiger partial charge in [-0.2, -0.15) is 0 Å². The largest absolute Gasteiger partial charge is 0.299 e. The van der Waals surface area contributed by atoms with Crippen molar-refractivity contribution < 1.29 is 4.79 Å². The second kappa shape index (κ2) is 3.70. The molecule has 1 nitrogen and oxygen atoms in total. The van der Waals surface area contributed by atoms with Crippen LogP contribution in [0.15, 0.2) is 12.7 Å². The number of rotatable bonds is 3. The first kappa shape index (κ1) is 8.51. The van der Waals surface area contributed by atoms with Gasteiger partial charge in [0, 0.05) is 12.3 Å². The average molecular weight is 152 g/mol. The van der Waals surface area contributed by atoms with Gasteiger partial charge in [0.2, 0.25) is 0 Å². The van der Waals surface area contributed by atoms with E-state index in [0.717, 1.165) is 25.7 Å². The third-order valence-corrected chi connectivity index (χ3v) is 2.72. The van der Waals surface area contributed by atoms with Gasteiger partial charge in [0.25, 0.3) is 0 Å². The zero-order valence-corrected chi connectivity index (χ0v) is 7.18. The Morgan fingerprint density at radius 1 is 1.73 bits per heavy atom. The average Bonchev–Trinajstić information content (AvgIpc) is 2.31. The van der Waals surface area contributed by atoms with Crippen molar-refractivity contribution in [1.29, 1.82) is 0 Å². The van der Waals surface area contributed by atoms with Crippen molar-refractivity contribution in [3.8, 4) is 0 Å². The van der Waals surface area contributed by atoms with Crippen molar-refractivity contribution in [2.45, 2.75) is 32.6 Å². The first-order valence-corrected chi connectivity index (χ1v) is 4.39. The number of Topliss-reactive ketones (excluding diaryl/α,β-unsaturated/α-hetero) is 1. The van der Waals surface area contributed by atoms with E-state index < -0.39 is 0 Å². The van der Waals surface area contributed by atoms with Crippen LogP contribution in [0.4, 0.5) is 0 Å². The summed E-state index contributed by atoms with van der Waals surface area (Å²) < 4.78 is 0. The van der Waals surface area contributed by atoms with E-state index in [1.165, 1.54) is 0 Å². The zero-order chi connectivity index (χ0) is 8.27. The highest BCUT2D eigenvalue weighted by Crippen LogP contribution is 2.31. The summed E-state index contributed by atoms with van der Waals surface area (Å²) in [6, 6.07) is 0. The van der Waals surface area contributed by atoms with E-state index in [0.29, 0.717) is 17.6 Å². The molecular weight excluding hydrogens is 136 g/mol. The number of hydrogen-bond donors (Lipinski definition) is 0. The maximum absolute atomic E-state index is 11.1. The van der Waals surface area contributed by atoms with Crippen LogP contribution in [-0.2, 0) is 4.79 Å². The monoisotopic (exact) mass is 152 g/mol. The summed E-state index contributed by atoms with van der Waals surface area (Å²) in [6.45, 7) is 5.74. The van der Waals surface area contributed by atoms with Crippen LogP contribution in [0, 0.1) is 11.8 Å². The molecule has 62 valence electrons. The number of allylic oxidation sites excluding steroid dienone is 1. The van der Waals surface area contributed by atoms with E-state index in [4.69, 9.17) is 0 Å². The molecule has 1 aliphatic carbocycles. The SMILES string of the molecule is C=CCC[C@@H]1CCC(=O)[C@@H]1C. The molecule has 0 aromatic rings. The molecular formula is C10H16O. The van der Waals surface area contributed by atoms with Crippen molar-refractivity contribution in [2.75, 3.05) is 0 Å². The topological polar surface area (TPSA) is 17.1 Å². The molecule has 0 aromatic carbocycles. The van der Waals surface area contributed by atoms with Gasteiger partial charge < -0.3 is 0 Å². The predicted octanol–water partition coefficient (Wildman–Crippen LogP) is 2.57. The maximum atomic E-state index is 11.1. The number of carbonyl (C=O) groups excluding carboxylic acids is 1. The van der Waals surface area contributed by atoms with E-state index >= 15 is 0 Å². The standard InChI is InChI=1S/C10H16O/c1-3-4-5-9-6-7-10(11)8(9)2/h3,8-9H,1,4-7H2,2H3/t8-,9-/m1/s1. The van der Waals surface area contributed by atoms with Crippen LogP contribution >= 0.6 is 0 Å². The summed E-state index contributed by atoms with van der Waals surface area (Å²) in [5.74, 6) is 1.41. The Morgan fingerprint density at radius 3 is 2.91 bits per heavy atom. The molecule has 1 aliphatic rings. The highest BCUT2D eigenvalue weighted by atomic mass is 16.1. The summed E-state index contributed by atoms with van der Waals surface area (Å²) >= 11 is 0. The van der Waals surface area contributed by atoms with Crippen molar-refractivity contribution in [1.82, 2.24) is 0 Å². The van der Waals surface area contributed by atoms with Gasteiger partial charge in [-0.15, -0.1) is 6.58 Å². The fraction of sp³-hybridized carbons (Fsp3) is 0.700. The smallest absolute Gasteiger partial charge is 0.135 e. The Kier molecular flexibility index (Phi) is 2.86. The molecule has 1 fully saturated rings. The third-order valence-electron chi connectivity index (χ3n) is 2.72. The molecule has 1 heteroatoms. The molecule has 0 saturated heterocycles. The Bertz CT molecular complexity index is 160. The zero-order valence-electron chi connectivity index (χ0n) is 7.18. The van der Waals surface area contributed by atoms with Crippen LogP contribution in [0.25, 0.3) is 0 Å². The molecule has 0 aromatic heterocycles. The minimum absolute atomic E-state index is 0.315. The second-order valence-corrected chi connectivity index (χ2v) is 3.42. The van der Waals surface area contributed by atoms with Gasteiger partial charge in [-0.05, 0) is 25.2 Å². The van der Waals surface area contributed by atoms with Crippen LogP contribution in [0.2, 0.25) is 0 Å². The highest BCUT2D eigenvalue weighted by molar-refractivity contribution is 5.82. The molecule has 0 amide bonds. The molecule has 0 aliphatic heterocycles. The summed E-state index contributed by atoms with van der Waals surface area (Å²) in [7, 11) is 0. The van der Waals surface area contributed by atoms with Crippen LogP contribution in [0.3, 0.4) is 0 Å². The van der Waals surface area contributed by atoms with Crippen LogP contribution in [-0.4, -0.2) is 5.78 Å². The Morgan fingerprint density at radius 2 is 2.45 bits per heavy atom. The second-order valence-electron chi connectivity index (χ2n) is 3.42. The summed E-state index contributed by atoms with van der Waals surface area (Å²) in [5, 5.41) is 0. The number of carbonyl (C=O) groups is 1. The lowest BCUT2D eigenvalue weighted by Crippen LogP contribution is -2.09. The van der Waals surface area contributed by atoms with Crippen molar-refractivity contribution in [2.24, 2.45) is 11.8 Å². The first-order chi connectivity index (χ1) is 5.25. The van der Waals surface area contributed by atoms with Crippen LogP contribution < -0.4 is 0 Å². The lowest BCUT2D eigenvalue weighted by molar-refractivity contribution is -0.120. The summed E-state index contributed by atoms with van der Waals surface area (Å²) in [6.07, 6.45) is 6.06. The molecule has 0 spiro atoms. The minimum Gasteiger partial charge on any atom is -0.299 e. The molecule has 1 saturated carbocycles. The van der Waals surface area contributed by atoms with Gasteiger partial charge in [-0.1, -0.05) is 13.0 Å². The normalized spacial score (nSPS) is 30.8. The molecule has 0 unspecified atom stereocenters. The lowest BCUT2D eigenvalue weighted by atomic mass is 9.93. The quantitative estimate of drug-likeness (QED) is 0.568. The molecule has 0 N–H and O–H groups in total.